The zero-order valence-electron chi connectivity index (χ0n) is 9.78. The largest absolute Gasteiger partial charge is 0.356 e. The molecule has 19 heavy (non-hydrogen) atoms. The van der Waals surface area contributed by atoms with E-state index in [-0.39, 0.29) is 0 Å². The second kappa shape index (κ2) is 3.54. The molecular weight excluding hydrogens is 291 g/mol. The number of hydrogen-bond donors (Lipinski definition) is 0. The van der Waals surface area contributed by atoms with Crippen molar-refractivity contribution >= 4 is 61.0 Å². The molecule has 0 saturated heterocycles. The van der Waals surface area contributed by atoms with E-state index in [9.17, 15) is 0 Å². The quantitative estimate of drug-likeness (QED) is 0.367. The lowest BCUT2D eigenvalue weighted by Gasteiger charge is -1.83. The first-order valence-electron chi connectivity index (χ1n) is 6.01. The Balaban J connectivity index is 2.12. The molecule has 3 aromatic heterocycles. The minimum absolute atomic E-state index is 1.28. The van der Waals surface area contributed by atoms with Crippen LogP contribution in [0.4, 0.5) is 0 Å². The third-order valence-corrected chi connectivity index (χ3v) is 7.02. The van der Waals surface area contributed by atoms with Crippen molar-refractivity contribution in [1.82, 2.24) is 4.16 Å². The van der Waals surface area contributed by atoms with Gasteiger partial charge in [-0.3, -0.25) is 0 Å². The molecule has 2 aromatic carbocycles. The van der Waals surface area contributed by atoms with Gasteiger partial charge < -0.3 is 0 Å². The Morgan fingerprint density at radius 3 is 2.63 bits per heavy atom. The van der Waals surface area contributed by atoms with E-state index in [1.807, 2.05) is 22.7 Å². The molecular formula is C14H8N2PS2+. The third kappa shape index (κ3) is 1.26. The minimum Gasteiger partial charge on any atom is -0.165 e. The third-order valence-electron chi connectivity index (χ3n) is 3.35. The van der Waals surface area contributed by atoms with Crippen LogP contribution in [0.15, 0.2) is 48.5 Å². The van der Waals surface area contributed by atoms with Gasteiger partial charge >= 0.3 is 4.96 Å². The number of fused-ring (bicyclic) bond motifs is 7. The summed E-state index contributed by atoms with van der Waals surface area (Å²) in [6.07, 6.45) is 0. The summed E-state index contributed by atoms with van der Waals surface area (Å²) in [6.45, 7) is 0. The molecule has 5 rings (SSSR count). The van der Waals surface area contributed by atoms with E-state index in [0.29, 0.717) is 0 Å². The number of hydrogen-bond acceptors (Lipinski definition) is 2. The topological polar surface area (TPSA) is 8.51 Å². The summed E-state index contributed by atoms with van der Waals surface area (Å²) in [7, 11) is 1.28. The first-order valence-corrected chi connectivity index (χ1v) is 8.49. The number of benzene rings is 2. The predicted octanol–water partition coefficient (Wildman–Crippen LogP) is 4.69. The minimum atomic E-state index is 1.28. The van der Waals surface area contributed by atoms with Crippen molar-refractivity contribution in [2.24, 2.45) is 0 Å². The monoisotopic (exact) mass is 299 g/mol. The van der Waals surface area contributed by atoms with Gasteiger partial charge in [-0.15, -0.1) is 0 Å². The fraction of sp³-hybridized carbons (Fsp3) is 0. The average molecular weight is 299 g/mol. The molecule has 5 aromatic rings. The number of aromatic nitrogens is 2. The van der Waals surface area contributed by atoms with E-state index < -0.39 is 0 Å². The van der Waals surface area contributed by atoms with Crippen molar-refractivity contribution in [3.8, 4) is 0 Å². The van der Waals surface area contributed by atoms with Crippen LogP contribution in [0.25, 0.3) is 30.0 Å². The summed E-state index contributed by atoms with van der Waals surface area (Å²) in [5.41, 5.74) is 2.66. The van der Waals surface area contributed by atoms with E-state index >= 15 is 0 Å². The van der Waals surface area contributed by atoms with E-state index in [0.717, 1.165) is 0 Å². The van der Waals surface area contributed by atoms with Crippen LogP contribution in [0.3, 0.4) is 0 Å². The second-order valence-electron chi connectivity index (χ2n) is 4.45. The molecule has 0 fully saturated rings. The number of para-hydroxylation sites is 2. The first-order chi connectivity index (χ1) is 9.42. The maximum absolute atomic E-state index is 2.41. The SMILES string of the molecule is c1ccc2c(c1)sc1n2pc2sc3ccccc3[n+]21. The highest BCUT2D eigenvalue weighted by Crippen LogP contribution is 2.35. The Bertz CT molecular complexity index is 1070. The molecule has 0 bridgehead atoms. The summed E-state index contributed by atoms with van der Waals surface area (Å²) in [6, 6.07) is 17.3. The lowest BCUT2D eigenvalue weighted by atomic mass is 10.3. The molecule has 0 unspecified atom stereocenters. The standard InChI is InChI=1S/C14H8N2PS2/c1-3-7-11-9(5-1)15-13-16(17-14(15)19-11)10-6-2-4-8-12(10)18-13/h1-8H/q+1. The van der Waals surface area contributed by atoms with Crippen LogP contribution in [0.2, 0.25) is 0 Å². The molecule has 0 atom stereocenters. The highest BCUT2D eigenvalue weighted by molar-refractivity contribution is 7.47. The van der Waals surface area contributed by atoms with Crippen molar-refractivity contribution in [1.29, 1.82) is 0 Å². The Morgan fingerprint density at radius 1 is 0.895 bits per heavy atom. The van der Waals surface area contributed by atoms with Crippen LogP contribution in [0.5, 0.6) is 0 Å². The Hall–Kier alpha value is -1.48. The molecule has 5 heteroatoms. The summed E-state index contributed by atoms with van der Waals surface area (Å²) in [5.74, 6) is 0. The van der Waals surface area contributed by atoms with Gasteiger partial charge in [0.2, 0.25) is 8.35 Å². The van der Waals surface area contributed by atoms with Crippen LogP contribution >= 0.6 is 31.0 Å². The van der Waals surface area contributed by atoms with Gasteiger partial charge in [-0.05, 0) is 35.6 Å². The van der Waals surface area contributed by atoms with Crippen LogP contribution < -0.4 is 4.40 Å². The van der Waals surface area contributed by atoms with Crippen LogP contribution in [-0.4, -0.2) is 4.16 Å². The van der Waals surface area contributed by atoms with Gasteiger partial charge in [0.25, 0.3) is 4.56 Å². The molecule has 0 amide bonds. The van der Waals surface area contributed by atoms with E-state index in [1.165, 1.54) is 38.3 Å². The summed E-state index contributed by atoms with van der Waals surface area (Å²) in [5, 5.41) is 0. The van der Waals surface area contributed by atoms with Crippen LogP contribution in [0, 0.1) is 0 Å². The van der Waals surface area contributed by atoms with E-state index in [2.05, 4.69) is 57.1 Å². The van der Waals surface area contributed by atoms with Gasteiger partial charge in [0, 0.05) is 0 Å². The van der Waals surface area contributed by atoms with Crippen molar-refractivity contribution in [3.63, 3.8) is 0 Å². The van der Waals surface area contributed by atoms with Crippen molar-refractivity contribution in [2.45, 2.75) is 0 Å². The predicted molar refractivity (Wildman–Crippen MR) is 83.8 cm³/mol. The fourth-order valence-corrected chi connectivity index (χ4v) is 6.53. The van der Waals surface area contributed by atoms with E-state index in [1.54, 1.807) is 0 Å². The van der Waals surface area contributed by atoms with Gasteiger partial charge in [0.1, 0.15) is 0 Å². The van der Waals surface area contributed by atoms with Crippen LogP contribution in [0.1, 0.15) is 0 Å². The molecule has 3 heterocycles. The van der Waals surface area contributed by atoms with Gasteiger partial charge in [0.05, 0.1) is 9.40 Å². The summed E-state index contributed by atoms with van der Waals surface area (Å²) >= 11 is 3.77. The summed E-state index contributed by atoms with van der Waals surface area (Å²) in [4.78, 5) is 1.33. The maximum atomic E-state index is 2.41. The van der Waals surface area contributed by atoms with E-state index in [4.69, 9.17) is 0 Å². The van der Waals surface area contributed by atoms with Crippen LogP contribution in [-0.2, 0) is 0 Å². The highest BCUT2D eigenvalue weighted by Gasteiger charge is 2.22. The van der Waals surface area contributed by atoms with Gasteiger partial charge in [-0.25, -0.2) is 0 Å². The molecule has 0 radical (unpaired) electrons. The van der Waals surface area contributed by atoms with Crippen molar-refractivity contribution in [2.75, 3.05) is 0 Å². The van der Waals surface area contributed by atoms with Gasteiger partial charge in [-0.2, -0.15) is 8.56 Å². The molecule has 2 nitrogen and oxygen atoms in total. The Kier molecular flexibility index (Phi) is 1.92. The molecule has 0 spiro atoms. The molecule has 90 valence electrons. The second-order valence-corrected chi connectivity index (χ2v) is 7.82. The molecule has 0 saturated carbocycles. The zero-order chi connectivity index (χ0) is 12.4. The Morgan fingerprint density at radius 2 is 1.68 bits per heavy atom. The number of thiazole rings is 2. The lowest BCUT2D eigenvalue weighted by Crippen LogP contribution is -2.15. The van der Waals surface area contributed by atoms with Crippen molar-refractivity contribution in [3.05, 3.63) is 48.5 Å². The Labute approximate surface area is 118 Å². The molecule has 0 aliphatic carbocycles. The molecule has 0 N–H and O–H groups in total. The number of rotatable bonds is 0. The smallest absolute Gasteiger partial charge is 0.165 e. The number of nitrogens with zero attached hydrogens (tertiary/aromatic N) is 2. The maximum Gasteiger partial charge on any atom is 0.356 e. The average Bonchev–Trinajstić information content (AvgIpc) is 3.05. The molecule has 0 aliphatic heterocycles. The van der Waals surface area contributed by atoms with Gasteiger partial charge in [0.15, 0.2) is 11.0 Å². The van der Waals surface area contributed by atoms with Crippen molar-refractivity contribution < 1.29 is 4.40 Å². The normalized spacial score (nSPS) is 12.6. The summed E-state index contributed by atoms with van der Waals surface area (Å²) < 4.78 is 8.94. The molecule has 0 aliphatic rings. The fourth-order valence-electron chi connectivity index (χ4n) is 2.51. The highest BCUT2D eigenvalue weighted by atomic mass is 32.1. The lowest BCUT2D eigenvalue weighted by molar-refractivity contribution is -0.442. The zero-order valence-corrected chi connectivity index (χ0v) is 12.3. The van der Waals surface area contributed by atoms with Gasteiger partial charge in [-0.1, -0.05) is 35.6 Å². The first kappa shape index (κ1) is 10.3.